The largest absolute Gasteiger partial charge is 0.417 e. The summed E-state index contributed by atoms with van der Waals surface area (Å²) in [7, 11) is 1.37. The van der Waals surface area contributed by atoms with Crippen LogP contribution in [0.2, 0.25) is 0 Å². The first kappa shape index (κ1) is 16.3. The van der Waals surface area contributed by atoms with Crippen LogP contribution in [0.25, 0.3) is 21.9 Å². The third-order valence-corrected chi connectivity index (χ3v) is 4.46. The monoisotopic (exact) mass is 356 g/mol. The molecule has 1 aliphatic rings. The predicted molar refractivity (Wildman–Crippen MR) is 88.6 cm³/mol. The quantitative estimate of drug-likeness (QED) is 0.616. The molecular formula is C19H11F3N2O2. The summed E-state index contributed by atoms with van der Waals surface area (Å²) in [5.41, 5.74) is -0.0854. The lowest BCUT2D eigenvalue weighted by molar-refractivity contribution is -0.137. The molecule has 0 spiro atoms. The molecule has 0 unspecified atom stereocenters. The molecule has 4 nitrogen and oxygen atoms in total. The van der Waals surface area contributed by atoms with Gasteiger partial charge in [-0.25, -0.2) is 4.98 Å². The third-order valence-electron chi connectivity index (χ3n) is 4.46. The summed E-state index contributed by atoms with van der Waals surface area (Å²) in [5, 5.41) is 0.987. The molecular weight excluding hydrogens is 345 g/mol. The van der Waals surface area contributed by atoms with Crippen LogP contribution in [0.1, 0.15) is 26.4 Å². The molecule has 2 heterocycles. The Bertz CT molecular complexity index is 1090. The zero-order valence-electron chi connectivity index (χ0n) is 13.5. The molecule has 2 amide bonds. The van der Waals surface area contributed by atoms with Gasteiger partial charge < -0.3 is 0 Å². The summed E-state index contributed by atoms with van der Waals surface area (Å²) in [6, 6.07) is 9.91. The van der Waals surface area contributed by atoms with Gasteiger partial charge in [0.1, 0.15) is 5.69 Å². The lowest BCUT2D eigenvalue weighted by atomic mass is 9.96. The van der Waals surface area contributed by atoms with Gasteiger partial charge in [0.05, 0.1) is 11.1 Å². The number of pyridine rings is 1. The highest BCUT2D eigenvalue weighted by atomic mass is 19.4. The first-order valence-electron chi connectivity index (χ1n) is 7.71. The number of imide groups is 1. The van der Waals surface area contributed by atoms with Crippen molar-refractivity contribution >= 4 is 22.6 Å². The summed E-state index contributed by atoms with van der Waals surface area (Å²) in [6.07, 6.45) is -3.08. The number of aromatic nitrogens is 1. The summed E-state index contributed by atoms with van der Waals surface area (Å²) in [5.74, 6) is -0.954. The summed E-state index contributed by atoms with van der Waals surface area (Å²) < 4.78 is 39.8. The average molecular weight is 356 g/mol. The number of carbonyl (C=O) groups is 2. The van der Waals surface area contributed by atoms with Crippen molar-refractivity contribution < 1.29 is 22.8 Å². The second-order valence-corrected chi connectivity index (χ2v) is 6.00. The van der Waals surface area contributed by atoms with Gasteiger partial charge in [-0.2, -0.15) is 13.2 Å². The topological polar surface area (TPSA) is 50.3 Å². The molecule has 0 N–H and O–H groups in total. The summed E-state index contributed by atoms with van der Waals surface area (Å²) in [4.78, 5) is 29.3. The number of fused-ring (bicyclic) bond motifs is 3. The number of nitrogens with zero attached hydrogens (tertiary/aromatic N) is 2. The Hall–Kier alpha value is -3.22. The molecule has 0 fully saturated rings. The second kappa shape index (κ2) is 5.39. The van der Waals surface area contributed by atoms with Crippen LogP contribution in [0.3, 0.4) is 0 Å². The highest BCUT2D eigenvalue weighted by Gasteiger charge is 2.36. The van der Waals surface area contributed by atoms with Crippen LogP contribution in [-0.4, -0.2) is 28.7 Å². The Morgan fingerprint density at radius 2 is 1.73 bits per heavy atom. The molecule has 2 aromatic carbocycles. The third kappa shape index (κ3) is 2.28. The van der Waals surface area contributed by atoms with E-state index in [1.54, 1.807) is 12.1 Å². The van der Waals surface area contributed by atoms with Crippen LogP contribution in [0.4, 0.5) is 13.2 Å². The van der Waals surface area contributed by atoms with E-state index in [0.717, 1.165) is 11.0 Å². The van der Waals surface area contributed by atoms with Gasteiger partial charge >= 0.3 is 6.18 Å². The molecule has 26 heavy (non-hydrogen) atoms. The van der Waals surface area contributed by atoms with E-state index in [0.29, 0.717) is 16.3 Å². The Morgan fingerprint density at radius 1 is 1.00 bits per heavy atom. The number of hydrogen-bond acceptors (Lipinski definition) is 3. The van der Waals surface area contributed by atoms with E-state index in [4.69, 9.17) is 0 Å². The zero-order chi connectivity index (χ0) is 18.6. The van der Waals surface area contributed by atoms with E-state index in [2.05, 4.69) is 4.98 Å². The molecule has 0 bridgehead atoms. The SMILES string of the molecule is CN1C(=O)c2ncc3cc(-c4ccccc4C(F)(F)F)ccc3c2C1=O. The first-order valence-corrected chi connectivity index (χ1v) is 7.71. The van der Waals surface area contributed by atoms with Crippen LogP contribution in [0, 0.1) is 0 Å². The number of rotatable bonds is 1. The minimum atomic E-state index is -4.48. The van der Waals surface area contributed by atoms with Crippen molar-refractivity contribution in [2.45, 2.75) is 6.18 Å². The number of halogens is 3. The van der Waals surface area contributed by atoms with E-state index < -0.39 is 23.6 Å². The maximum atomic E-state index is 13.3. The lowest BCUT2D eigenvalue weighted by Crippen LogP contribution is -2.24. The normalized spacial score (nSPS) is 14.2. The Labute approximate surface area is 145 Å². The maximum Gasteiger partial charge on any atom is 0.417 e. The number of hydrogen-bond donors (Lipinski definition) is 0. The fourth-order valence-electron chi connectivity index (χ4n) is 3.17. The van der Waals surface area contributed by atoms with Crippen molar-refractivity contribution in [2.75, 3.05) is 7.05 Å². The van der Waals surface area contributed by atoms with Crippen molar-refractivity contribution in [3.05, 3.63) is 65.5 Å². The minimum absolute atomic E-state index is 0.0434. The molecule has 0 aliphatic carbocycles. The van der Waals surface area contributed by atoms with Crippen molar-refractivity contribution in [1.29, 1.82) is 0 Å². The van der Waals surface area contributed by atoms with Gasteiger partial charge in [0, 0.05) is 18.6 Å². The highest BCUT2D eigenvalue weighted by Crippen LogP contribution is 2.38. The molecule has 130 valence electrons. The van der Waals surface area contributed by atoms with Gasteiger partial charge in [0.2, 0.25) is 0 Å². The van der Waals surface area contributed by atoms with Crippen molar-refractivity contribution in [3.63, 3.8) is 0 Å². The molecule has 4 rings (SSSR count). The van der Waals surface area contributed by atoms with Crippen molar-refractivity contribution in [3.8, 4) is 11.1 Å². The van der Waals surface area contributed by atoms with Crippen molar-refractivity contribution in [1.82, 2.24) is 9.88 Å². The summed E-state index contributed by atoms with van der Waals surface area (Å²) >= 11 is 0. The number of amides is 2. The van der Waals surface area contributed by atoms with Crippen molar-refractivity contribution in [2.24, 2.45) is 0 Å². The standard InChI is InChI=1S/C19H11F3N2O2/c1-24-17(25)15-13-7-6-10(8-11(13)9-23-16(15)18(24)26)12-4-2-3-5-14(12)19(20,21)22/h2-9H,1H3. The zero-order valence-corrected chi connectivity index (χ0v) is 13.5. The van der Waals surface area contributed by atoms with Crippen LogP contribution < -0.4 is 0 Å². The average Bonchev–Trinajstić information content (AvgIpc) is 2.85. The molecule has 0 atom stereocenters. The van der Waals surface area contributed by atoms with E-state index >= 15 is 0 Å². The van der Waals surface area contributed by atoms with Crippen LogP contribution in [0.5, 0.6) is 0 Å². The lowest BCUT2D eigenvalue weighted by Gasteiger charge is -2.13. The van der Waals surface area contributed by atoms with Crippen LogP contribution in [-0.2, 0) is 6.18 Å². The van der Waals surface area contributed by atoms with Crippen LogP contribution in [0.15, 0.2) is 48.7 Å². The Morgan fingerprint density at radius 3 is 2.46 bits per heavy atom. The van der Waals surface area contributed by atoms with E-state index in [1.807, 2.05) is 0 Å². The summed E-state index contributed by atoms with van der Waals surface area (Å²) in [6.45, 7) is 0. The molecule has 0 saturated heterocycles. The smallest absolute Gasteiger partial charge is 0.276 e. The van der Waals surface area contributed by atoms with Gasteiger partial charge in [-0.1, -0.05) is 30.3 Å². The molecule has 1 aliphatic heterocycles. The number of alkyl halides is 3. The minimum Gasteiger partial charge on any atom is -0.276 e. The fourth-order valence-corrected chi connectivity index (χ4v) is 3.17. The van der Waals surface area contributed by atoms with Gasteiger partial charge in [0.25, 0.3) is 11.8 Å². The van der Waals surface area contributed by atoms with Crippen LogP contribution >= 0.6 is 0 Å². The number of benzene rings is 2. The molecule has 0 radical (unpaired) electrons. The molecule has 0 saturated carbocycles. The number of carbonyl (C=O) groups excluding carboxylic acids is 2. The first-order chi connectivity index (χ1) is 12.3. The predicted octanol–water partition coefficient (Wildman–Crippen LogP) is 4.15. The van der Waals surface area contributed by atoms with Gasteiger partial charge in [0.15, 0.2) is 0 Å². The molecule has 7 heteroatoms. The Balaban J connectivity index is 1.93. The van der Waals surface area contributed by atoms with E-state index in [9.17, 15) is 22.8 Å². The second-order valence-electron chi connectivity index (χ2n) is 6.00. The van der Waals surface area contributed by atoms with Gasteiger partial charge in [-0.05, 0) is 28.6 Å². The Kier molecular flexibility index (Phi) is 3.37. The van der Waals surface area contributed by atoms with E-state index in [-0.39, 0.29) is 16.8 Å². The van der Waals surface area contributed by atoms with E-state index in [1.165, 1.54) is 37.5 Å². The highest BCUT2D eigenvalue weighted by molar-refractivity contribution is 6.25. The van der Waals surface area contributed by atoms with Gasteiger partial charge in [-0.3, -0.25) is 14.5 Å². The van der Waals surface area contributed by atoms with Gasteiger partial charge in [-0.15, -0.1) is 0 Å². The molecule has 1 aromatic heterocycles. The maximum absolute atomic E-state index is 13.3. The fraction of sp³-hybridized carbons (Fsp3) is 0.105. The molecule has 3 aromatic rings.